The third-order valence-corrected chi connectivity index (χ3v) is 3.61. The fraction of sp³-hybridized carbons (Fsp3) is 0.438. The maximum absolute atomic E-state index is 12.1. The number of benzene rings is 1. The number of nitrogens with two attached hydrogens (primary N) is 1. The first kappa shape index (κ1) is 16.3. The standard InChI is InChI=1S/C16H21N2O4/c17-16(20)22-12-21-14-8-10-18(11-9-14)15(19)7-6-13-4-2-1-3-5-13/h1-5,7,14H,6,8-12H2,(H2,17,20). The summed E-state index contributed by atoms with van der Waals surface area (Å²) in [6, 6.07) is 9.89. The van der Waals surface area contributed by atoms with Gasteiger partial charge in [0, 0.05) is 13.1 Å². The molecule has 119 valence electrons. The van der Waals surface area contributed by atoms with Crippen LogP contribution in [-0.2, 0) is 20.7 Å². The van der Waals surface area contributed by atoms with Gasteiger partial charge in [-0.3, -0.25) is 4.79 Å². The highest BCUT2D eigenvalue weighted by atomic mass is 16.7. The van der Waals surface area contributed by atoms with Gasteiger partial charge in [-0.05, 0) is 24.8 Å². The van der Waals surface area contributed by atoms with E-state index in [-0.39, 0.29) is 18.8 Å². The predicted molar refractivity (Wildman–Crippen MR) is 80.7 cm³/mol. The van der Waals surface area contributed by atoms with Crippen LogP contribution in [0.25, 0.3) is 0 Å². The van der Waals surface area contributed by atoms with Crippen LogP contribution in [0.2, 0.25) is 0 Å². The molecule has 0 unspecified atom stereocenters. The van der Waals surface area contributed by atoms with E-state index in [1.165, 1.54) is 0 Å². The molecule has 2 N–H and O–H groups in total. The van der Waals surface area contributed by atoms with E-state index < -0.39 is 6.09 Å². The van der Waals surface area contributed by atoms with E-state index in [4.69, 9.17) is 10.5 Å². The minimum Gasteiger partial charge on any atom is -0.422 e. The molecule has 1 aliphatic rings. The van der Waals surface area contributed by atoms with E-state index in [9.17, 15) is 9.59 Å². The number of rotatable bonds is 6. The number of nitrogens with zero attached hydrogens (tertiary/aromatic N) is 1. The van der Waals surface area contributed by atoms with Gasteiger partial charge >= 0.3 is 6.09 Å². The van der Waals surface area contributed by atoms with Gasteiger partial charge in [0.25, 0.3) is 0 Å². The maximum Gasteiger partial charge on any atom is 0.406 e. The molecule has 1 aromatic rings. The number of hydrogen-bond donors (Lipinski definition) is 1. The molecule has 1 saturated heterocycles. The van der Waals surface area contributed by atoms with Crippen LogP contribution in [0.3, 0.4) is 0 Å². The highest BCUT2D eigenvalue weighted by Crippen LogP contribution is 2.15. The third-order valence-electron chi connectivity index (χ3n) is 3.61. The Hall–Kier alpha value is -2.08. The summed E-state index contributed by atoms with van der Waals surface area (Å²) >= 11 is 0. The van der Waals surface area contributed by atoms with Crippen LogP contribution in [0.15, 0.2) is 30.3 Å². The Morgan fingerprint density at radius 2 is 1.91 bits per heavy atom. The molecule has 22 heavy (non-hydrogen) atoms. The summed E-state index contributed by atoms with van der Waals surface area (Å²) < 4.78 is 9.92. The summed E-state index contributed by atoms with van der Waals surface area (Å²) in [5, 5.41) is 0. The Bertz CT molecular complexity index is 484. The fourth-order valence-electron chi connectivity index (χ4n) is 2.38. The van der Waals surface area contributed by atoms with Crippen molar-refractivity contribution < 1.29 is 19.1 Å². The van der Waals surface area contributed by atoms with Gasteiger partial charge in [-0.2, -0.15) is 0 Å². The Kier molecular flexibility index (Phi) is 6.21. The molecular weight excluding hydrogens is 284 g/mol. The molecule has 0 spiro atoms. The van der Waals surface area contributed by atoms with Gasteiger partial charge in [-0.25, -0.2) is 4.79 Å². The van der Waals surface area contributed by atoms with Crippen LogP contribution < -0.4 is 5.73 Å². The van der Waals surface area contributed by atoms with Crippen molar-refractivity contribution in [2.24, 2.45) is 5.73 Å². The average molecular weight is 305 g/mol. The van der Waals surface area contributed by atoms with Gasteiger partial charge in [-0.15, -0.1) is 0 Å². The molecule has 0 atom stereocenters. The van der Waals surface area contributed by atoms with Gasteiger partial charge in [0.05, 0.1) is 12.5 Å². The lowest BCUT2D eigenvalue weighted by Gasteiger charge is -2.31. The number of likely N-dealkylation sites (tertiary alicyclic amines) is 1. The lowest BCUT2D eigenvalue weighted by molar-refractivity contribution is -0.131. The predicted octanol–water partition coefficient (Wildman–Crippen LogP) is 1.49. The van der Waals surface area contributed by atoms with E-state index in [0.29, 0.717) is 19.5 Å². The molecule has 1 aromatic carbocycles. The van der Waals surface area contributed by atoms with E-state index in [1.54, 1.807) is 6.42 Å². The number of piperidine rings is 1. The number of hydrogen-bond acceptors (Lipinski definition) is 4. The average Bonchev–Trinajstić information content (AvgIpc) is 2.54. The van der Waals surface area contributed by atoms with Gasteiger partial charge in [0.1, 0.15) is 0 Å². The molecule has 1 fully saturated rings. The topological polar surface area (TPSA) is 81.9 Å². The lowest BCUT2D eigenvalue weighted by Crippen LogP contribution is -2.41. The van der Waals surface area contributed by atoms with Crippen LogP contribution in [0.5, 0.6) is 0 Å². The minimum absolute atomic E-state index is 0.00229. The Balaban J connectivity index is 1.65. The molecular formula is C16H21N2O4. The summed E-state index contributed by atoms with van der Waals surface area (Å²) in [5.41, 5.74) is 5.98. The molecule has 1 radical (unpaired) electrons. The van der Waals surface area contributed by atoms with Crippen molar-refractivity contribution in [1.82, 2.24) is 4.90 Å². The monoisotopic (exact) mass is 305 g/mol. The minimum atomic E-state index is -0.844. The van der Waals surface area contributed by atoms with E-state index >= 15 is 0 Å². The number of primary amides is 1. The Morgan fingerprint density at radius 1 is 1.23 bits per heavy atom. The summed E-state index contributed by atoms with van der Waals surface area (Å²) in [4.78, 5) is 24.4. The summed E-state index contributed by atoms with van der Waals surface area (Å²) in [5.74, 6) is 0.0516. The largest absolute Gasteiger partial charge is 0.422 e. The van der Waals surface area contributed by atoms with E-state index in [1.807, 2.05) is 35.2 Å². The molecule has 6 nitrogen and oxygen atoms in total. The van der Waals surface area contributed by atoms with Crippen LogP contribution >= 0.6 is 0 Å². The number of ether oxygens (including phenoxy) is 2. The van der Waals surface area contributed by atoms with Crippen molar-refractivity contribution >= 4 is 12.0 Å². The number of carbonyl (C=O) groups is 2. The van der Waals surface area contributed by atoms with Crippen molar-refractivity contribution in [1.29, 1.82) is 0 Å². The van der Waals surface area contributed by atoms with E-state index in [0.717, 1.165) is 18.4 Å². The second-order valence-corrected chi connectivity index (χ2v) is 5.17. The Labute approximate surface area is 130 Å². The van der Waals surface area contributed by atoms with Gasteiger partial charge in [-0.1, -0.05) is 30.3 Å². The zero-order valence-corrected chi connectivity index (χ0v) is 12.4. The summed E-state index contributed by atoms with van der Waals surface area (Å²) in [6.45, 7) is 1.16. The fourth-order valence-corrected chi connectivity index (χ4v) is 2.38. The molecule has 2 rings (SSSR count). The van der Waals surface area contributed by atoms with Crippen molar-refractivity contribution in [3.05, 3.63) is 42.3 Å². The molecule has 6 heteroatoms. The lowest BCUT2D eigenvalue weighted by atomic mass is 10.1. The highest BCUT2D eigenvalue weighted by molar-refractivity contribution is 5.85. The SMILES string of the molecule is NC(=O)OCOC1CCN(C(=O)[CH]Cc2ccccc2)CC1. The van der Waals surface area contributed by atoms with Crippen molar-refractivity contribution in [2.75, 3.05) is 19.9 Å². The third kappa shape index (κ3) is 5.37. The molecule has 0 bridgehead atoms. The zero-order chi connectivity index (χ0) is 15.8. The smallest absolute Gasteiger partial charge is 0.406 e. The summed E-state index contributed by atoms with van der Waals surface area (Å²) in [6.07, 6.45) is 2.97. The van der Waals surface area contributed by atoms with Crippen LogP contribution in [0, 0.1) is 6.42 Å². The molecule has 1 aliphatic heterocycles. The number of carbonyl (C=O) groups excluding carboxylic acids is 2. The van der Waals surface area contributed by atoms with Gasteiger partial charge in [0.2, 0.25) is 5.91 Å². The van der Waals surface area contributed by atoms with Crippen molar-refractivity contribution in [3.8, 4) is 0 Å². The first-order chi connectivity index (χ1) is 10.6. The summed E-state index contributed by atoms with van der Waals surface area (Å²) in [7, 11) is 0. The molecule has 0 aliphatic carbocycles. The van der Waals surface area contributed by atoms with Crippen LogP contribution in [0.4, 0.5) is 4.79 Å². The number of amides is 2. The molecule has 2 amide bonds. The molecule has 1 heterocycles. The van der Waals surface area contributed by atoms with Crippen molar-refractivity contribution in [3.63, 3.8) is 0 Å². The second-order valence-electron chi connectivity index (χ2n) is 5.17. The normalized spacial score (nSPS) is 15.5. The second kappa shape index (κ2) is 8.38. The van der Waals surface area contributed by atoms with Crippen LogP contribution in [-0.4, -0.2) is 42.9 Å². The quantitative estimate of drug-likeness (QED) is 0.807. The first-order valence-corrected chi connectivity index (χ1v) is 7.35. The van der Waals surface area contributed by atoms with Gasteiger partial charge < -0.3 is 20.1 Å². The molecule has 0 aromatic heterocycles. The Morgan fingerprint density at radius 3 is 2.55 bits per heavy atom. The zero-order valence-electron chi connectivity index (χ0n) is 12.4. The van der Waals surface area contributed by atoms with Gasteiger partial charge in [0.15, 0.2) is 6.79 Å². The first-order valence-electron chi connectivity index (χ1n) is 7.35. The molecule has 0 saturated carbocycles. The van der Waals surface area contributed by atoms with Crippen LogP contribution in [0.1, 0.15) is 18.4 Å². The maximum atomic E-state index is 12.1. The highest BCUT2D eigenvalue weighted by Gasteiger charge is 2.23. The van der Waals surface area contributed by atoms with Crippen molar-refractivity contribution in [2.45, 2.75) is 25.4 Å². The van der Waals surface area contributed by atoms with E-state index in [2.05, 4.69) is 4.74 Å².